The summed E-state index contributed by atoms with van der Waals surface area (Å²) in [6.07, 6.45) is 0.477. The van der Waals surface area contributed by atoms with Gasteiger partial charge < -0.3 is 25.4 Å². The van der Waals surface area contributed by atoms with Crippen molar-refractivity contribution in [2.75, 3.05) is 57.9 Å². The van der Waals surface area contributed by atoms with Gasteiger partial charge in [0.05, 0.1) is 25.9 Å². The quantitative estimate of drug-likeness (QED) is 0.469. The number of nitrogens with zero attached hydrogens (tertiary/aromatic N) is 1. The first kappa shape index (κ1) is 26.1. The molecule has 0 unspecified atom stereocenters. The SMILES string of the molecule is CC(C)C[C@H](NC(=O)c1ccc(NCCN2CCOCC2)cc1)C(=O)N[C@@H]1C(=O)COC[C@H]1C. The van der Waals surface area contributed by atoms with E-state index in [1.54, 1.807) is 12.1 Å². The van der Waals surface area contributed by atoms with E-state index in [1.165, 1.54) is 0 Å². The van der Waals surface area contributed by atoms with Crippen molar-refractivity contribution >= 4 is 23.3 Å². The summed E-state index contributed by atoms with van der Waals surface area (Å²) in [5.74, 6) is -0.707. The summed E-state index contributed by atoms with van der Waals surface area (Å²) in [5.41, 5.74) is 1.42. The summed E-state index contributed by atoms with van der Waals surface area (Å²) >= 11 is 0. The number of anilines is 1. The van der Waals surface area contributed by atoms with Crippen LogP contribution in [0.2, 0.25) is 0 Å². The lowest BCUT2D eigenvalue weighted by atomic mass is 9.95. The molecule has 2 aliphatic heterocycles. The van der Waals surface area contributed by atoms with E-state index in [0.717, 1.165) is 45.1 Å². The number of Topliss-reactive ketones (excluding diaryl/α,β-unsaturated/α-hetero) is 1. The van der Waals surface area contributed by atoms with Gasteiger partial charge in [-0.05, 0) is 36.6 Å². The van der Waals surface area contributed by atoms with E-state index in [0.29, 0.717) is 18.6 Å². The van der Waals surface area contributed by atoms with Crippen molar-refractivity contribution in [3.05, 3.63) is 29.8 Å². The monoisotopic (exact) mass is 474 g/mol. The molecular formula is C25H38N4O5. The topological polar surface area (TPSA) is 109 Å². The van der Waals surface area contributed by atoms with Crippen molar-refractivity contribution in [3.8, 4) is 0 Å². The van der Waals surface area contributed by atoms with Crippen LogP contribution in [0.25, 0.3) is 0 Å². The Hall–Kier alpha value is -2.49. The average Bonchev–Trinajstić information content (AvgIpc) is 2.82. The minimum Gasteiger partial charge on any atom is -0.384 e. The Morgan fingerprint density at radius 3 is 2.47 bits per heavy atom. The molecule has 2 saturated heterocycles. The number of amides is 2. The number of hydrogen-bond donors (Lipinski definition) is 3. The highest BCUT2D eigenvalue weighted by atomic mass is 16.5. The molecular weight excluding hydrogens is 436 g/mol. The third kappa shape index (κ3) is 7.78. The molecule has 0 aliphatic carbocycles. The molecule has 3 rings (SSSR count). The van der Waals surface area contributed by atoms with Gasteiger partial charge in [-0.1, -0.05) is 20.8 Å². The molecule has 9 heteroatoms. The van der Waals surface area contributed by atoms with E-state index < -0.39 is 12.1 Å². The molecule has 0 radical (unpaired) electrons. The lowest BCUT2D eigenvalue weighted by Gasteiger charge is -2.30. The molecule has 1 aromatic carbocycles. The van der Waals surface area contributed by atoms with Crippen LogP contribution in [-0.4, -0.2) is 87.2 Å². The number of ether oxygens (including phenoxy) is 2. The predicted octanol–water partition coefficient (Wildman–Crippen LogP) is 1.30. The Kier molecular flexibility index (Phi) is 9.86. The Morgan fingerprint density at radius 1 is 1.12 bits per heavy atom. The molecule has 2 heterocycles. The highest BCUT2D eigenvalue weighted by Crippen LogP contribution is 2.14. The Bertz CT molecular complexity index is 823. The van der Waals surface area contributed by atoms with E-state index >= 15 is 0 Å². The second kappa shape index (κ2) is 12.8. The third-order valence-corrected chi connectivity index (χ3v) is 6.18. The number of nitrogens with one attached hydrogen (secondary N) is 3. The third-order valence-electron chi connectivity index (χ3n) is 6.18. The van der Waals surface area contributed by atoms with Gasteiger partial charge in [0, 0.05) is 43.3 Å². The predicted molar refractivity (Wildman–Crippen MR) is 130 cm³/mol. The second-order valence-corrected chi connectivity index (χ2v) is 9.56. The number of benzene rings is 1. The maximum Gasteiger partial charge on any atom is 0.251 e. The lowest BCUT2D eigenvalue weighted by molar-refractivity contribution is -0.137. The van der Waals surface area contributed by atoms with Crippen molar-refractivity contribution in [2.24, 2.45) is 11.8 Å². The molecule has 2 aliphatic rings. The van der Waals surface area contributed by atoms with Gasteiger partial charge in [-0.2, -0.15) is 0 Å². The Morgan fingerprint density at radius 2 is 1.82 bits per heavy atom. The summed E-state index contributed by atoms with van der Waals surface area (Å²) in [5, 5.41) is 9.07. The standard InChI is InChI=1S/C25H38N4O5/c1-17(2)14-21(25(32)28-23-18(3)15-34-16-22(23)30)27-24(31)19-4-6-20(7-5-19)26-8-9-29-10-12-33-13-11-29/h4-7,17-18,21,23,26H,8-16H2,1-3H3,(H,27,31)(H,28,32)/t18-,21+,23+/m1/s1. The van der Waals surface area contributed by atoms with Crippen molar-refractivity contribution in [1.29, 1.82) is 0 Å². The van der Waals surface area contributed by atoms with Gasteiger partial charge in [-0.15, -0.1) is 0 Å². The molecule has 0 spiro atoms. The van der Waals surface area contributed by atoms with Crippen LogP contribution in [0, 0.1) is 11.8 Å². The van der Waals surface area contributed by atoms with Crippen molar-refractivity contribution in [3.63, 3.8) is 0 Å². The van der Waals surface area contributed by atoms with Crippen molar-refractivity contribution < 1.29 is 23.9 Å². The maximum atomic E-state index is 13.0. The van der Waals surface area contributed by atoms with Gasteiger partial charge in [-0.25, -0.2) is 0 Å². The fraction of sp³-hybridized carbons (Fsp3) is 0.640. The summed E-state index contributed by atoms with van der Waals surface area (Å²) < 4.78 is 10.6. The van der Waals surface area contributed by atoms with E-state index in [2.05, 4.69) is 20.9 Å². The molecule has 0 saturated carbocycles. The highest BCUT2D eigenvalue weighted by molar-refractivity contribution is 5.99. The summed E-state index contributed by atoms with van der Waals surface area (Å²) in [6, 6.07) is 5.93. The molecule has 0 aromatic heterocycles. The van der Waals surface area contributed by atoms with Crippen molar-refractivity contribution in [1.82, 2.24) is 15.5 Å². The molecule has 0 bridgehead atoms. The number of carbonyl (C=O) groups is 3. The zero-order valence-electron chi connectivity index (χ0n) is 20.5. The summed E-state index contributed by atoms with van der Waals surface area (Å²) in [4.78, 5) is 40.4. The van der Waals surface area contributed by atoms with Crippen LogP contribution in [-0.2, 0) is 19.1 Å². The van der Waals surface area contributed by atoms with E-state index in [9.17, 15) is 14.4 Å². The highest BCUT2D eigenvalue weighted by Gasteiger charge is 2.33. The number of ketones is 1. The normalized spacial score (nSPS) is 22.3. The largest absolute Gasteiger partial charge is 0.384 e. The van der Waals surface area contributed by atoms with Gasteiger partial charge in [0.15, 0.2) is 5.78 Å². The van der Waals surface area contributed by atoms with Crippen LogP contribution in [0.3, 0.4) is 0 Å². The molecule has 3 atom stereocenters. The molecule has 9 nitrogen and oxygen atoms in total. The number of carbonyl (C=O) groups excluding carboxylic acids is 3. The van der Waals surface area contributed by atoms with Gasteiger partial charge >= 0.3 is 0 Å². The van der Waals surface area contributed by atoms with Gasteiger partial charge in [0.2, 0.25) is 5.91 Å². The minimum absolute atomic E-state index is 0.00330. The first-order valence-corrected chi connectivity index (χ1v) is 12.2. The maximum absolute atomic E-state index is 13.0. The molecule has 3 N–H and O–H groups in total. The number of hydrogen-bond acceptors (Lipinski definition) is 7. The van der Waals surface area contributed by atoms with Crippen LogP contribution in [0.5, 0.6) is 0 Å². The number of morpholine rings is 1. The summed E-state index contributed by atoms with van der Waals surface area (Å²) in [7, 11) is 0. The average molecular weight is 475 g/mol. The van der Waals surface area contributed by atoms with Gasteiger partial charge in [0.25, 0.3) is 5.91 Å². The smallest absolute Gasteiger partial charge is 0.251 e. The van der Waals surface area contributed by atoms with Gasteiger partial charge in [-0.3, -0.25) is 19.3 Å². The fourth-order valence-electron chi connectivity index (χ4n) is 4.19. The van der Waals surface area contributed by atoms with Crippen LogP contribution < -0.4 is 16.0 Å². The summed E-state index contributed by atoms with van der Waals surface area (Å²) in [6.45, 7) is 11.5. The van der Waals surface area contributed by atoms with Crippen molar-refractivity contribution in [2.45, 2.75) is 39.3 Å². The van der Waals surface area contributed by atoms with E-state index in [4.69, 9.17) is 9.47 Å². The molecule has 34 heavy (non-hydrogen) atoms. The molecule has 188 valence electrons. The second-order valence-electron chi connectivity index (χ2n) is 9.56. The first-order valence-electron chi connectivity index (χ1n) is 12.2. The number of rotatable bonds is 10. The first-order chi connectivity index (χ1) is 16.3. The molecule has 2 fully saturated rings. The van der Waals surface area contributed by atoms with Crippen LogP contribution in [0.4, 0.5) is 5.69 Å². The Balaban J connectivity index is 1.53. The Labute approximate surface area is 201 Å². The van der Waals surface area contributed by atoms with E-state index in [-0.39, 0.29) is 36.0 Å². The zero-order valence-corrected chi connectivity index (χ0v) is 20.5. The molecule has 2 amide bonds. The minimum atomic E-state index is -0.721. The zero-order chi connectivity index (χ0) is 24.5. The van der Waals surface area contributed by atoms with E-state index in [1.807, 2.05) is 32.9 Å². The lowest BCUT2D eigenvalue weighted by Crippen LogP contribution is -2.56. The van der Waals surface area contributed by atoms with Crippen LogP contribution in [0.15, 0.2) is 24.3 Å². The fourth-order valence-corrected chi connectivity index (χ4v) is 4.19. The van der Waals surface area contributed by atoms with Crippen LogP contribution >= 0.6 is 0 Å². The van der Waals surface area contributed by atoms with Crippen LogP contribution in [0.1, 0.15) is 37.6 Å². The van der Waals surface area contributed by atoms with Gasteiger partial charge in [0.1, 0.15) is 12.6 Å². The molecule has 1 aromatic rings.